The Morgan fingerprint density at radius 1 is 1.28 bits per heavy atom. The fraction of sp³-hybridized carbons (Fsp3) is 0.571. The number of hydrogen-bond donors (Lipinski definition) is 3. The molecular weight excluding hydrogens is 226 g/mol. The van der Waals surface area contributed by atoms with E-state index in [4.69, 9.17) is 10.6 Å². The predicted octanol–water partition coefficient (Wildman–Crippen LogP) is 1.60. The van der Waals surface area contributed by atoms with Crippen LogP contribution in [-0.4, -0.2) is 20.3 Å². The molecule has 0 saturated carbocycles. The van der Waals surface area contributed by atoms with E-state index < -0.39 is 0 Å². The molecule has 1 rings (SSSR count). The van der Waals surface area contributed by atoms with E-state index in [9.17, 15) is 0 Å². The van der Waals surface area contributed by atoms with Crippen LogP contribution in [0.4, 0.5) is 0 Å². The fourth-order valence-corrected chi connectivity index (χ4v) is 2.49. The summed E-state index contributed by atoms with van der Waals surface area (Å²) in [6.07, 6.45) is 0. The average Bonchev–Trinajstić information content (AvgIpc) is 2.27. The third-order valence-electron chi connectivity index (χ3n) is 3.13. The van der Waals surface area contributed by atoms with Gasteiger partial charge in [-0.2, -0.15) is 0 Å². The zero-order chi connectivity index (χ0) is 13.8. The lowest BCUT2D eigenvalue weighted by atomic mass is 9.80. The van der Waals surface area contributed by atoms with Gasteiger partial charge in [0.2, 0.25) is 0 Å². The quantitative estimate of drug-likeness (QED) is 0.311. The molecule has 4 N–H and O–H groups in total. The van der Waals surface area contributed by atoms with Gasteiger partial charge in [-0.15, -0.1) is 0 Å². The molecule has 1 aromatic carbocycles. The minimum Gasteiger partial charge on any atom is -0.496 e. The van der Waals surface area contributed by atoms with Gasteiger partial charge in [-0.25, -0.2) is 5.43 Å². The standard InChI is InChI=1S/C14H25N3O/c1-10-6-11(2)13(12(7-10)18-5)14(3,4)8-16-9-17-15/h6-7,16-17H,8-9,15H2,1-5H3. The summed E-state index contributed by atoms with van der Waals surface area (Å²) in [6.45, 7) is 10.1. The number of hydrogen-bond acceptors (Lipinski definition) is 4. The minimum atomic E-state index is -0.0139. The van der Waals surface area contributed by atoms with Crippen molar-refractivity contribution in [3.8, 4) is 5.75 Å². The molecule has 1 aromatic rings. The van der Waals surface area contributed by atoms with Crippen molar-refractivity contribution in [1.82, 2.24) is 10.7 Å². The molecule has 0 heterocycles. The highest BCUT2D eigenvalue weighted by Crippen LogP contribution is 2.34. The lowest BCUT2D eigenvalue weighted by Crippen LogP contribution is -2.40. The van der Waals surface area contributed by atoms with Gasteiger partial charge >= 0.3 is 0 Å². The maximum absolute atomic E-state index is 5.53. The smallest absolute Gasteiger partial charge is 0.123 e. The predicted molar refractivity (Wildman–Crippen MR) is 75.7 cm³/mol. The van der Waals surface area contributed by atoms with Crippen molar-refractivity contribution in [2.75, 3.05) is 20.3 Å². The molecule has 0 aliphatic rings. The van der Waals surface area contributed by atoms with Crippen LogP contribution in [0.15, 0.2) is 12.1 Å². The maximum Gasteiger partial charge on any atom is 0.123 e. The molecule has 0 aliphatic carbocycles. The molecule has 4 nitrogen and oxygen atoms in total. The van der Waals surface area contributed by atoms with Crippen molar-refractivity contribution in [2.45, 2.75) is 33.1 Å². The Balaban J connectivity index is 3.06. The van der Waals surface area contributed by atoms with Gasteiger partial charge in [-0.05, 0) is 31.0 Å². The van der Waals surface area contributed by atoms with Crippen molar-refractivity contribution in [1.29, 1.82) is 0 Å². The van der Waals surface area contributed by atoms with E-state index in [2.05, 4.69) is 50.6 Å². The second-order valence-corrected chi connectivity index (χ2v) is 5.35. The van der Waals surface area contributed by atoms with Gasteiger partial charge in [0.1, 0.15) is 5.75 Å². The lowest BCUT2D eigenvalue weighted by Gasteiger charge is -2.29. The first-order chi connectivity index (χ1) is 8.42. The second-order valence-electron chi connectivity index (χ2n) is 5.35. The van der Waals surface area contributed by atoms with Gasteiger partial charge in [-0.3, -0.25) is 5.84 Å². The molecule has 0 unspecified atom stereocenters. The van der Waals surface area contributed by atoms with Gasteiger partial charge in [-0.1, -0.05) is 19.9 Å². The Hall–Kier alpha value is -1.10. The summed E-state index contributed by atoms with van der Waals surface area (Å²) >= 11 is 0. The van der Waals surface area contributed by atoms with E-state index in [0.717, 1.165) is 12.3 Å². The highest BCUT2D eigenvalue weighted by molar-refractivity contribution is 5.47. The van der Waals surface area contributed by atoms with Gasteiger partial charge in [0, 0.05) is 17.5 Å². The Labute approximate surface area is 110 Å². The number of hydrazine groups is 1. The molecule has 0 amide bonds. The van der Waals surface area contributed by atoms with Gasteiger partial charge in [0.05, 0.1) is 13.8 Å². The Morgan fingerprint density at radius 3 is 2.50 bits per heavy atom. The van der Waals surface area contributed by atoms with Gasteiger partial charge < -0.3 is 10.1 Å². The van der Waals surface area contributed by atoms with E-state index in [1.165, 1.54) is 16.7 Å². The monoisotopic (exact) mass is 251 g/mol. The summed E-state index contributed by atoms with van der Waals surface area (Å²) in [7, 11) is 1.72. The highest BCUT2D eigenvalue weighted by atomic mass is 16.5. The number of nitrogens with two attached hydrogens (primary N) is 1. The summed E-state index contributed by atoms with van der Waals surface area (Å²) in [4.78, 5) is 0. The zero-order valence-corrected chi connectivity index (χ0v) is 12.1. The van der Waals surface area contributed by atoms with Crippen LogP contribution in [0, 0.1) is 13.8 Å². The summed E-state index contributed by atoms with van der Waals surface area (Å²) in [5.74, 6) is 6.22. The van der Waals surface area contributed by atoms with Crippen molar-refractivity contribution in [3.05, 3.63) is 28.8 Å². The summed E-state index contributed by atoms with van der Waals surface area (Å²) in [5.41, 5.74) is 6.32. The van der Waals surface area contributed by atoms with Crippen LogP contribution in [0.3, 0.4) is 0 Å². The van der Waals surface area contributed by atoms with E-state index in [-0.39, 0.29) is 5.41 Å². The average molecular weight is 251 g/mol. The molecular formula is C14H25N3O. The molecule has 102 valence electrons. The Morgan fingerprint density at radius 2 is 1.94 bits per heavy atom. The Bertz CT molecular complexity index is 402. The summed E-state index contributed by atoms with van der Waals surface area (Å²) in [5, 5.41) is 3.28. The van der Waals surface area contributed by atoms with Gasteiger partial charge in [0.15, 0.2) is 0 Å². The highest BCUT2D eigenvalue weighted by Gasteiger charge is 2.26. The molecule has 18 heavy (non-hydrogen) atoms. The van der Waals surface area contributed by atoms with Crippen LogP contribution in [0.1, 0.15) is 30.5 Å². The van der Waals surface area contributed by atoms with Crippen LogP contribution < -0.4 is 21.3 Å². The first-order valence-corrected chi connectivity index (χ1v) is 6.22. The second kappa shape index (κ2) is 6.18. The topological polar surface area (TPSA) is 59.3 Å². The van der Waals surface area contributed by atoms with Crippen molar-refractivity contribution < 1.29 is 4.74 Å². The summed E-state index contributed by atoms with van der Waals surface area (Å²) < 4.78 is 5.53. The largest absolute Gasteiger partial charge is 0.496 e. The van der Waals surface area contributed by atoms with Crippen molar-refractivity contribution in [3.63, 3.8) is 0 Å². The molecule has 0 radical (unpaired) electrons. The third kappa shape index (κ3) is 3.45. The van der Waals surface area contributed by atoms with E-state index in [0.29, 0.717) is 6.67 Å². The summed E-state index contributed by atoms with van der Waals surface area (Å²) in [6, 6.07) is 4.28. The number of nitrogens with one attached hydrogen (secondary N) is 2. The number of rotatable bonds is 6. The van der Waals surface area contributed by atoms with Crippen LogP contribution in [0.25, 0.3) is 0 Å². The number of benzene rings is 1. The SMILES string of the molecule is COc1cc(C)cc(C)c1C(C)(C)CNCNN. The van der Waals surface area contributed by atoms with Crippen LogP contribution in [-0.2, 0) is 5.41 Å². The Kier molecular flexibility index (Phi) is 5.14. The molecule has 0 aromatic heterocycles. The van der Waals surface area contributed by atoms with Gasteiger partial charge in [0.25, 0.3) is 0 Å². The normalized spacial score (nSPS) is 11.7. The molecule has 0 fully saturated rings. The molecule has 0 bridgehead atoms. The number of methoxy groups -OCH3 is 1. The van der Waals surface area contributed by atoms with E-state index in [1.54, 1.807) is 7.11 Å². The molecule has 0 aliphatic heterocycles. The van der Waals surface area contributed by atoms with Crippen LogP contribution >= 0.6 is 0 Å². The fourth-order valence-electron chi connectivity index (χ4n) is 2.49. The molecule has 0 saturated heterocycles. The van der Waals surface area contributed by atoms with Crippen LogP contribution in [0.2, 0.25) is 0 Å². The number of ether oxygens (including phenoxy) is 1. The minimum absolute atomic E-state index is 0.0139. The van der Waals surface area contributed by atoms with Crippen molar-refractivity contribution in [2.24, 2.45) is 5.84 Å². The first-order valence-electron chi connectivity index (χ1n) is 6.22. The lowest BCUT2D eigenvalue weighted by molar-refractivity contribution is 0.382. The third-order valence-corrected chi connectivity index (χ3v) is 3.13. The van der Waals surface area contributed by atoms with Crippen LogP contribution in [0.5, 0.6) is 5.75 Å². The molecule has 4 heteroatoms. The van der Waals surface area contributed by atoms with Crippen molar-refractivity contribution >= 4 is 0 Å². The zero-order valence-electron chi connectivity index (χ0n) is 12.1. The molecule has 0 atom stereocenters. The van der Waals surface area contributed by atoms with E-state index in [1.807, 2.05) is 0 Å². The van der Waals surface area contributed by atoms with E-state index >= 15 is 0 Å². The maximum atomic E-state index is 5.53. The number of aryl methyl sites for hydroxylation is 2. The molecule has 0 spiro atoms. The first kappa shape index (κ1) is 15.0.